The van der Waals surface area contributed by atoms with Crippen LogP contribution in [0.2, 0.25) is 0 Å². The molecule has 0 atom stereocenters. The van der Waals surface area contributed by atoms with Gasteiger partial charge in [-0.05, 0) is 64.0 Å². The minimum absolute atomic E-state index is 1.03. The summed E-state index contributed by atoms with van der Waals surface area (Å²) in [5.41, 5.74) is 7.52. The highest BCUT2D eigenvalue weighted by atomic mass is 15.1. The summed E-state index contributed by atoms with van der Waals surface area (Å²) in [6, 6.07) is 6.99. The topological polar surface area (TPSA) is 20.2 Å². The van der Waals surface area contributed by atoms with Crippen molar-refractivity contribution in [1.29, 1.82) is 0 Å². The zero-order valence-corrected chi connectivity index (χ0v) is 14.4. The molecule has 3 heteroatoms. The van der Waals surface area contributed by atoms with Gasteiger partial charge in [0.2, 0.25) is 0 Å². The average molecular weight is 309 g/mol. The van der Waals surface area contributed by atoms with Crippen LogP contribution >= 0.6 is 0 Å². The SMILES string of the molecule is Cc1ccc2c(c1)c1c(n2CC2=CCNCC2)CCCN(C)C1. The maximum absolute atomic E-state index is 3.42. The number of rotatable bonds is 2. The molecule has 0 radical (unpaired) electrons. The van der Waals surface area contributed by atoms with Crippen molar-refractivity contribution in [3.63, 3.8) is 0 Å². The molecule has 0 saturated carbocycles. The fraction of sp³-hybridized carbons (Fsp3) is 0.500. The number of nitrogens with one attached hydrogen (secondary N) is 1. The third-order valence-corrected chi connectivity index (χ3v) is 5.34. The van der Waals surface area contributed by atoms with Crippen molar-refractivity contribution in [1.82, 2.24) is 14.8 Å². The van der Waals surface area contributed by atoms with Gasteiger partial charge in [-0.2, -0.15) is 0 Å². The summed E-state index contributed by atoms with van der Waals surface area (Å²) in [4.78, 5) is 2.47. The molecule has 23 heavy (non-hydrogen) atoms. The van der Waals surface area contributed by atoms with Gasteiger partial charge in [-0.25, -0.2) is 0 Å². The molecule has 1 aromatic heterocycles. The Hall–Kier alpha value is -1.58. The lowest BCUT2D eigenvalue weighted by molar-refractivity contribution is 0.333. The third-order valence-electron chi connectivity index (χ3n) is 5.34. The number of benzene rings is 1. The second kappa shape index (κ2) is 6.14. The molecular weight excluding hydrogens is 282 g/mol. The van der Waals surface area contributed by atoms with Crippen LogP contribution in [-0.4, -0.2) is 36.1 Å². The first-order valence-corrected chi connectivity index (χ1v) is 8.90. The molecule has 3 nitrogen and oxygen atoms in total. The van der Waals surface area contributed by atoms with Crippen LogP contribution in [-0.2, 0) is 19.5 Å². The van der Waals surface area contributed by atoms with E-state index in [1.165, 1.54) is 42.3 Å². The van der Waals surface area contributed by atoms with Crippen LogP contribution < -0.4 is 5.32 Å². The zero-order chi connectivity index (χ0) is 15.8. The monoisotopic (exact) mass is 309 g/mol. The summed E-state index contributed by atoms with van der Waals surface area (Å²) >= 11 is 0. The average Bonchev–Trinajstić information content (AvgIpc) is 2.70. The van der Waals surface area contributed by atoms with Crippen LogP contribution in [0, 0.1) is 6.92 Å². The third kappa shape index (κ3) is 2.84. The second-order valence-corrected chi connectivity index (χ2v) is 7.19. The van der Waals surface area contributed by atoms with Gasteiger partial charge in [0.05, 0.1) is 0 Å². The van der Waals surface area contributed by atoms with E-state index < -0.39 is 0 Å². The van der Waals surface area contributed by atoms with Crippen LogP contribution in [0.5, 0.6) is 0 Å². The fourth-order valence-corrected chi connectivity index (χ4v) is 4.12. The number of fused-ring (bicyclic) bond motifs is 3. The lowest BCUT2D eigenvalue weighted by Crippen LogP contribution is -2.22. The Balaban J connectivity index is 1.85. The predicted octanol–water partition coefficient (Wildman–Crippen LogP) is 3.25. The van der Waals surface area contributed by atoms with Crippen molar-refractivity contribution in [3.05, 3.63) is 46.7 Å². The van der Waals surface area contributed by atoms with Gasteiger partial charge < -0.3 is 14.8 Å². The van der Waals surface area contributed by atoms with E-state index in [0.29, 0.717) is 0 Å². The van der Waals surface area contributed by atoms with E-state index in [4.69, 9.17) is 0 Å². The largest absolute Gasteiger partial charge is 0.340 e. The van der Waals surface area contributed by atoms with Gasteiger partial charge in [0.1, 0.15) is 0 Å². The van der Waals surface area contributed by atoms with Crippen molar-refractivity contribution < 1.29 is 0 Å². The molecule has 3 heterocycles. The molecule has 4 rings (SSSR count). The van der Waals surface area contributed by atoms with Crippen LogP contribution in [0.4, 0.5) is 0 Å². The van der Waals surface area contributed by atoms with Gasteiger partial charge in [-0.1, -0.05) is 23.3 Å². The Morgan fingerprint density at radius 1 is 1.22 bits per heavy atom. The minimum Gasteiger partial charge on any atom is -0.340 e. The molecule has 0 fully saturated rings. The van der Waals surface area contributed by atoms with Crippen LogP contribution in [0.3, 0.4) is 0 Å². The number of nitrogens with zero attached hydrogens (tertiary/aromatic N) is 2. The highest BCUT2D eigenvalue weighted by molar-refractivity contribution is 5.86. The van der Waals surface area contributed by atoms with Crippen molar-refractivity contribution in [3.8, 4) is 0 Å². The summed E-state index contributed by atoms with van der Waals surface area (Å²) in [5, 5.41) is 4.90. The molecule has 2 aliphatic rings. The quantitative estimate of drug-likeness (QED) is 0.859. The van der Waals surface area contributed by atoms with Gasteiger partial charge in [0.25, 0.3) is 0 Å². The highest BCUT2D eigenvalue weighted by Gasteiger charge is 2.21. The summed E-state index contributed by atoms with van der Waals surface area (Å²) < 4.78 is 2.61. The van der Waals surface area contributed by atoms with E-state index in [1.54, 1.807) is 16.8 Å². The van der Waals surface area contributed by atoms with E-state index in [9.17, 15) is 0 Å². The van der Waals surface area contributed by atoms with E-state index in [0.717, 1.165) is 26.2 Å². The lowest BCUT2D eigenvalue weighted by Gasteiger charge is -2.17. The lowest BCUT2D eigenvalue weighted by atomic mass is 10.1. The smallest absolute Gasteiger partial charge is 0.0489 e. The maximum atomic E-state index is 3.42. The molecule has 1 aromatic carbocycles. The van der Waals surface area contributed by atoms with E-state index in [1.807, 2.05) is 0 Å². The fourth-order valence-electron chi connectivity index (χ4n) is 4.12. The molecule has 0 spiro atoms. The van der Waals surface area contributed by atoms with Crippen molar-refractivity contribution in [2.45, 2.75) is 39.3 Å². The number of aromatic nitrogens is 1. The van der Waals surface area contributed by atoms with Crippen LogP contribution in [0.1, 0.15) is 29.7 Å². The molecule has 0 bridgehead atoms. The van der Waals surface area contributed by atoms with Gasteiger partial charge in [0, 0.05) is 36.2 Å². The Morgan fingerprint density at radius 3 is 2.96 bits per heavy atom. The first-order valence-electron chi connectivity index (χ1n) is 8.90. The molecule has 2 aromatic rings. The first kappa shape index (κ1) is 15.0. The molecule has 1 N–H and O–H groups in total. The molecule has 0 aliphatic carbocycles. The Bertz CT molecular complexity index is 754. The normalized spacial score (nSPS) is 19.5. The highest BCUT2D eigenvalue weighted by Crippen LogP contribution is 2.32. The number of aryl methyl sites for hydroxylation is 1. The number of hydrogen-bond acceptors (Lipinski definition) is 2. The van der Waals surface area contributed by atoms with E-state index in [-0.39, 0.29) is 0 Å². The second-order valence-electron chi connectivity index (χ2n) is 7.19. The zero-order valence-electron chi connectivity index (χ0n) is 14.4. The predicted molar refractivity (Wildman–Crippen MR) is 96.9 cm³/mol. The van der Waals surface area contributed by atoms with Gasteiger partial charge >= 0.3 is 0 Å². The van der Waals surface area contributed by atoms with Crippen molar-refractivity contribution >= 4 is 10.9 Å². The summed E-state index contributed by atoms with van der Waals surface area (Å²) in [7, 11) is 2.25. The standard InChI is InChI=1S/C20H27N3/c1-15-5-6-20-17(12-15)18-14-22(2)11-3-4-19(18)23(20)13-16-7-9-21-10-8-16/h5-7,12,21H,3-4,8-11,13-14H2,1-2H3. The molecule has 122 valence electrons. The summed E-state index contributed by atoms with van der Waals surface area (Å²) in [6.45, 7) is 7.71. The molecule has 2 aliphatic heterocycles. The van der Waals surface area contributed by atoms with Gasteiger partial charge in [-0.15, -0.1) is 0 Å². The maximum Gasteiger partial charge on any atom is 0.0489 e. The molecule has 0 saturated heterocycles. The van der Waals surface area contributed by atoms with Crippen molar-refractivity contribution in [2.24, 2.45) is 0 Å². The first-order chi connectivity index (χ1) is 11.2. The van der Waals surface area contributed by atoms with Gasteiger partial charge in [-0.3, -0.25) is 0 Å². The van der Waals surface area contributed by atoms with E-state index >= 15 is 0 Å². The summed E-state index contributed by atoms with van der Waals surface area (Å²) in [6.07, 6.45) is 6.04. The Kier molecular flexibility index (Phi) is 4.00. The minimum atomic E-state index is 1.03. The molecule has 0 amide bonds. The molecule has 0 unspecified atom stereocenters. The van der Waals surface area contributed by atoms with Crippen LogP contribution in [0.15, 0.2) is 29.8 Å². The summed E-state index contributed by atoms with van der Waals surface area (Å²) in [5.74, 6) is 0. The number of hydrogen-bond donors (Lipinski definition) is 1. The van der Waals surface area contributed by atoms with Gasteiger partial charge in [0.15, 0.2) is 0 Å². The van der Waals surface area contributed by atoms with Crippen molar-refractivity contribution in [2.75, 3.05) is 26.7 Å². The van der Waals surface area contributed by atoms with E-state index in [2.05, 4.69) is 53.0 Å². The Labute approximate surface area is 139 Å². The molecular formula is C20H27N3. The Morgan fingerprint density at radius 2 is 2.13 bits per heavy atom. The van der Waals surface area contributed by atoms with Crippen LogP contribution in [0.25, 0.3) is 10.9 Å².